The Morgan fingerprint density at radius 3 is 2.61 bits per heavy atom. The summed E-state index contributed by atoms with van der Waals surface area (Å²) < 4.78 is 25.4. The number of thiophene rings is 1. The number of carboxylic acid groups (broad SMARTS) is 1. The minimum absolute atomic E-state index is 0.0848. The molecule has 1 atom stereocenters. The lowest BCUT2D eigenvalue weighted by molar-refractivity contribution is -0.136. The molecule has 0 saturated heterocycles. The van der Waals surface area contributed by atoms with Crippen LogP contribution in [0.25, 0.3) is 0 Å². The van der Waals surface area contributed by atoms with Crippen LogP contribution < -0.4 is 0 Å². The van der Waals surface area contributed by atoms with E-state index in [1.807, 2.05) is 0 Å². The third-order valence-electron chi connectivity index (χ3n) is 2.48. The number of aliphatic hydroxyl groups excluding tert-OH is 1. The van der Waals surface area contributed by atoms with E-state index < -0.39 is 22.0 Å². The average Bonchev–Trinajstić information content (AvgIpc) is 2.75. The molecule has 18 heavy (non-hydrogen) atoms. The van der Waals surface area contributed by atoms with E-state index in [9.17, 15) is 13.2 Å². The van der Waals surface area contributed by atoms with E-state index in [-0.39, 0.29) is 17.2 Å². The Labute approximate surface area is 110 Å². The number of nitrogens with zero attached hydrogens (tertiary/aromatic N) is 1. The number of hydrogen-bond donors (Lipinski definition) is 2. The third kappa shape index (κ3) is 3.29. The van der Waals surface area contributed by atoms with E-state index in [1.54, 1.807) is 6.92 Å². The molecule has 0 fully saturated rings. The Kier molecular flexibility index (Phi) is 4.85. The molecule has 8 heteroatoms. The number of rotatable bonds is 6. The number of sulfonamides is 1. The molecule has 1 aromatic rings. The first-order valence-corrected chi connectivity index (χ1v) is 7.44. The van der Waals surface area contributed by atoms with Gasteiger partial charge in [0.15, 0.2) is 0 Å². The van der Waals surface area contributed by atoms with Crippen LogP contribution in [0.4, 0.5) is 0 Å². The highest BCUT2D eigenvalue weighted by Gasteiger charge is 2.26. The van der Waals surface area contributed by atoms with Gasteiger partial charge in [-0.05, 0) is 19.1 Å². The number of hydrogen-bond acceptors (Lipinski definition) is 5. The molecule has 2 N–H and O–H groups in total. The van der Waals surface area contributed by atoms with E-state index in [0.717, 1.165) is 15.6 Å². The molecule has 1 aromatic heterocycles. The Morgan fingerprint density at radius 1 is 1.50 bits per heavy atom. The molecule has 0 amide bonds. The highest BCUT2D eigenvalue weighted by atomic mass is 32.2. The predicted molar refractivity (Wildman–Crippen MR) is 67.2 cm³/mol. The van der Waals surface area contributed by atoms with Crippen LogP contribution >= 0.6 is 11.3 Å². The first-order valence-electron chi connectivity index (χ1n) is 5.18. The van der Waals surface area contributed by atoms with Crippen molar-refractivity contribution in [2.24, 2.45) is 0 Å². The minimum Gasteiger partial charge on any atom is -0.481 e. The summed E-state index contributed by atoms with van der Waals surface area (Å²) in [5.41, 5.74) is 0. The summed E-state index contributed by atoms with van der Waals surface area (Å²) >= 11 is 0.932. The topological polar surface area (TPSA) is 94.9 Å². The van der Waals surface area contributed by atoms with E-state index in [1.165, 1.54) is 19.2 Å². The summed E-state index contributed by atoms with van der Waals surface area (Å²) in [6.07, 6.45) is -0.195. The van der Waals surface area contributed by atoms with Gasteiger partial charge in [-0.2, -0.15) is 4.31 Å². The minimum atomic E-state index is -3.67. The van der Waals surface area contributed by atoms with Crippen molar-refractivity contribution in [2.75, 3.05) is 13.7 Å². The molecule has 0 bridgehead atoms. The Balaban J connectivity index is 2.99. The second-order valence-electron chi connectivity index (χ2n) is 3.84. The van der Waals surface area contributed by atoms with Gasteiger partial charge < -0.3 is 10.2 Å². The molecule has 1 unspecified atom stereocenters. The number of likely N-dealkylation sites (N-methyl/N-ethyl adjacent to an activating group) is 1. The molecule has 6 nitrogen and oxygen atoms in total. The Hall–Kier alpha value is -0.960. The predicted octanol–water partition coefficient (Wildman–Crippen LogP) is 0.376. The van der Waals surface area contributed by atoms with E-state index in [0.29, 0.717) is 4.88 Å². The fourth-order valence-electron chi connectivity index (χ4n) is 1.23. The maximum Gasteiger partial charge on any atom is 0.308 e. The molecule has 0 aromatic carbocycles. The van der Waals surface area contributed by atoms with Crippen LogP contribution in [0.15, 0.2) is 16.3 Å². The molecular formula is C10H15NO5S2. The van der Waals surface area contributed by atoms with E-state index in [4.69, 9.17) is 10.2 Å². The zero-order chi connectivity index (χ0) is 13.9. The van der Waals surface area contributed by atoms with Gasteiger partial charge in [0.1, 0.15) is 4.21 Å². The van der Waals surface area contributed by atoms with Crippen molar-refractivity contribution in [3.8, 4) is 0 Å². The van der Waals surface area contributed by atoms with Crippen molar-refractivity contribution >= 4 is 27.3 Å². The van der Waals surface area contributed by atoms with Gasteiger partial charge in [-0.15, -0.1) is 11.3 Å². The summed E-state index contributed by atoms with van der Waals surface area (Å²) in [5, 5.41) is 17.6. The van der Waals surface area contributed by atoms with Crippen molar-refractivity contribution in [3.63, 3.8) is 0 Å². The molecule has 0 radical (unpaired) electrons. The molecule has 0 aliphatic carbocycles. The fraction of sp³-hybridized carbons (Fsp3) is 0.500. The van der Waals surface area contributed by atoms with Crippen molar-refractivity contribution in [3.05, 3.63) is 17.0 Å². The SMILES string of the molecule is CC(CO)N(C)S(=O)(=O)c1ccc(CC(=O)O)s1. The zero-order valence-electron chi connectivity index (χ0n) is 10.0. The molecule has 0 aliphatic rings. The number of aliphatic hydroxyl groups is 1. The van der Waals surface area contributed by atoms with E-state index >= 15 is 0 Å². The maximum absolute atomic E-state index is 12.1. The largest absolute Gasteiger partial charge is 0.481 e. The molecule has 0 spiro atoms. The normalized spacial score (nSPS) is 13.8. The lowest BCUT2D eigenvalue weighted by atomic mass is 10.3. The van der Waals surface area contributed by atoms with Crippen molar-refractivity contribution in [2.45, 2.75) is 23.6 Å². The monoisotopic (exact) mass is 293 g/mol. The summed E-state index contributed by atoms with van der Waals surface area (Å²) in [6, 6.07) is 2.35. The number of carboxylic acids is 1. The van der Waals surface area contributed by atoms with Crippen molar-refractivity contribution in [1.29, 1.82) is 0 Å². The number of aliphatic carboxylic acids is 1. The quantitative estimate of drug-likeness (QED) is 0.790. The van der Waals surface area contributed by atoms with Gasteiger partial charge in [-0.1, -0.05) is 0 Å². The lowest BCUT2D eigenvalue weighted by Gasteiger charge is -2.21. The van der Waals surface area contributed by atoms with Crippen molar-refractivity contribution < 1.29 is 23.4 Å². The average molecular weight is 293 g/mol. The molecule has 1 heterocycles. The van der Waals surface area contributed by atoms with Crippen molar-refractivity contribution in [1.82, 2.24) is 4.31 Å². The first-order chi connectivity index (χ1) is 8.28. The first kappa shape index (κ1) is 15.1. The summed E-state index contributed by atoms with van der Waals surface area (Å²) in [7, 11) is -2.28. The summed E-state index contributed by atoms with van der Waals surface area (Å²) in [4.78, 5) is 11.0. The van der Waals surface area contributed by atoms with Gasteiger partial charge in [-0.25, -0.2) is 8.42 Å². The Bertz CT molecular complexity index is 522. The molecular weight excluding hydrogens is 278 g/mol. The second kappa shape index (κ2) is 5.79. The second-order valence-corrected chi connectivity index (χ2v) is 7.24. The third-order valence-corrected chi connectivity index (χ3v) is 6.01. The zero-order valence-corrected chi connectivity index (χ0v) is 11.7. The molecule has 102 valence electrons. The highest BCUT2D eigenvalue weighted by Crippen LogP contribution is 2.25. The number of carbonyl (C=O) groups is 1. The summed E-state index contributed by atoms with van der Waals surface area (Å²) in [6.45, 7) is 1.31. The van der Waals surface area contributed by atoms with Crippen LogP contribution in [0.3, 0.4) is 0 Å². The molecule has 1 rings (SSSR count). The van der Waals surface area contributed by atoms with Gasteiger partial charge in [0.25, 0.3) is 10.0 Å². The van der Waals surface area contributed by atoms with Gasteiger partial charge in [0, 0.05) is 18.0 Å². The molecule has 0 saturated carbocycles. The van der Waals surface area contributed by atoms with Crippen LogP contribution in [-0.2, 0) is 21.2 Å². The van der Waals surface area contributed by atoms with Gasteiger partial charge in [0.05, 0.1) is 13.0 Å². The van der Waals surface area contributed by atoms with Crippen LogP contribution in [0.5, 0.6) is 0 Å². The van der Waals surface area contributed by atoms with Gasteiger partial charge in [-0.3, -0.25) is 4.79 Å². The van der Waals surface area contributed by atoms with Gasteiger partial charge >= 0.3 is 5.97 Å². The van der Waals surface area contributed by atoms with Crippen LogP contribution in [0, 0.1) is 0 Å². The smallest absolute Gasteiger partial charge is 0.308 e. The van der Waals surface area contributed by atoms with Crippen LogP contribution in [0.2, 0.25) is 0 Å². The fourth-order valence-corrected chi connectivity index (χ4v) is 4.12. The summed E-state index contributed by atoms with van der Waals surface area (Å²) in [5.74, 6) is -1.00. The van der Waals surface area contributed by atoms with E-state index in [2.05, 4.69) is 0 Å². The standard InChI is InChI=1S/C10H15NO5S2/c1-7(6-12)11(2)18(15,16)10-4-3-8(17-10)5-9(13)14/h3-4,7,12H,5-6H2,1-2H3,(H,13,14). The lowest BCUT2D eigenvalue weighted by Crippen LogP contribution is -2.36. The maximum atomic E-state index is 12.1. The highest BCUT2D eigenvalue weighted by molar-refractivity contribution is 7.91. The van der Waals surface area contributed by atoms with Crippen LogP contribution in [0.1, 0.15) is 11.8 Å². The van der Waals surface area contributed by atoms with Crippen LogP contribution in [-0.4, -0.2) is 48.6 Å². The van der Waals surface area contributed by atoms with Gasteiger partial charge in [0.2, 0.25) is 0 Å². The molecule has 0 aliphatic heterocycles. The Morgan fingerprint density at radius 2 is 2.11 bits per heavy atom.